The van der Waals surface area contributed by atoms with Gasteiger partial charge in [-0.05, 0) is 86.1 Å². The molecule has 0 aromatic heterocycles. The van der Waals surface area contributed by atoms with E-state index in [0.717, 1.165) is 25.4 Å². The van der Waals surface area contributed by atoms with Gasteiger partial charge in [-0.3, -0.25) is 0 Å². The van der Waals surface area contributed by atoms with Gasteiger partial charge in [-0.15, -0.1) is 0 Å². The van der Waals surface area contributed by atoms with Gasteiger partial charge in [0.25, 0.3) is 0 Å². The topological polar surface area (TPSA) is 29.3 Å². The summed E-state index contributed by atoms with van der Waals surface area (Å²) >= 11 is 3.72. The van der Waals surface area contributed by atoms with Crippen LogP contribution >= 0.6 is 15.9 Å². The Balaban J connectivity index is 2.21. The van der Waals surface area contributed by atoms with E-state index >= 15 is 0 Å². The van der Waals surface area contributed by atoms with Crippen LogP contribution in [0.15, 0.2) is 22.7 Å². The highest BCUT2D eigenvalue weighted by molar-refractivity contribution is 9.10. The number of anilines is 1. The number of hydrogen-bond acceptors (Lipinski definition) is 2. The second-order valence-corrected chi connectivity index (χ2v) is 7.21. The largest absolute Gasteiger partial charge is 0.365 e. The molecule has 0 amide bonds. The highest BCUT2D eigenvalue weighted by Crippen LogP contribution is 2.39. The first-order valence-corrected chi connectivity index (χ1v) is 7.97. The Hall–Kier alpha value is -0.540. The third-order valence-corrected chi connectivity index (χ3v) is 4.88. The Morgan fingerprint density at radius 1 is 1.42 bits per heavy atom. The number of piperidine rings is 1. The minimum atomic E-state index is 0.204. The van der Waals surface area contributed by atoms with E-state index in [4.69, 9.17) is 5.73 Å². The van der Waals surface area contributed by atoms with Gasteiger partial charge < -0.3 is 10.6 Å². The third-order valence-electron chi connectivity index (χ3n) is 4.25. The molecule has 1 heterocycles. The van der Waals surface area contributed by atoms with E-state index in [0.29, 0.717) is 0 Å². The molecule has 0 saturated carbocycles. The fourth-order valence-corrected chi connectivity index (χ4v) is 4.00. The molecule has 106 valence electrons. The summed E-state index contributed by atoms with van der Waals surface area (Å²) in [7, 11) is 0. The molecule has 1 aromatic carbocycles. The minimum Gasteiger partial charge on any atom is -0.365 e. The van der Waals surface area contributed by atoms with E-state index in [-0.39, 0.29) is 5.54 Å². The average molecular weight is 325 g/mol. The van der Waals surface area contributed by atoms with E-state index in [1.165, 1.54) is 28.6 Å². The summed E-state index contributed by atoms with van der Waals surface area (Å²) in [6, 6.07) is 6.64. The van der Waals surface area contributed by atoms with Crippen molar-refractivity contribution in [2.24, 2.45) is 11.7 Å². The number of rotatable bonds is 3. The van der Waals surface area contributed by atoms with Crippen LogP contribution in [0.1, 0.15) is 38.7 Å². The van der Waals surface area contributed by atoms with Crippen molar-refractivity contribution in [3.05, 3.63) is 28.2 Å². The van der Waals surface area contributed by atoms with E-state index in [1.807, 2.05) is 0 Å². The summed E-state index contributed by atoms with van der Waals surface area (Å²) in [5.41, 5.74) is 8.54. The van der Waals surface area contributed by atoms with Gasteiger partial charge in [0.1, 0.15) is 0 Å². The molecule has 3 heteroatoms. The summed E-state index contributed by atoms with van der Waals surface area (Å²) in [5.74, 6) is 0.778. The molecule has 19 heavy (non-hydrogen) atoms. The fourth-order valence-electron chi connectivity index (χ4n) is 3.29. The number of aryl methyl sites for hydroxylation is 1. The minimum absolute atomic E-state index is 0.204. The van der Waals surface area contributed by atoms with Gasteiger partial charge in [0.2, 0.25) is 0 Å². The molecule has 0 aliphatic carbocycles. The summed E-state index contributed by atoms with van der Waals surface area (Å²) in [4.78, 5) is 2.55. The lowest BCUT2D eigenvalue weighted by Gasteiger charge is -2.47. The van der Waals surface area contributed by atoms with Crippen LogP contribution in [-0.4, -0.2) is 18.6 Å². The van der Waals surface area contributed by atoms with E-state index in [1.54, 1.807) is 0 Å². The van der Waals surface area contributed by atoms with E-state index in [2.05, 4.69) is 59.8 Å². The Morgan fingerprint density at radius 3 is 2.74 bits per heavy atom. The first-order chi connectivity index (χ1) is 8.94. The maximum absolute atomic E-state index is 5.71. The molecule has 2 N–H and O–H groups in total. The molecule has 0 spiro atoms. The molecule has 0 radical (unpaired) electrons. The van der Waals surface area contributed by atoms with Gasteiger partial charge in [-0.2, -0.15) is 0 Å². The molecule has 2 rings (SSSR count). The molecular formula is C16H25BrN2. The quantitative estimate of drug-likeness (QED) is 0.906. The maximum Gasteiger partial charge on any atom is 0.0515 e. The molecule has 2 nitrogen and oxygen atoms in total. The van der Waals surface area contributed by atoms with E-state index < -0.39 is 0 Å². The Morgan fingerprint density at radius 2 is 2.16 bits per heavy atom. The summed E-state index contributed by atoms with van der Waals surface area (Å²) in [6.45, 7) is 8.77. The molecule has 1 atom stereocenters. The van der Waals surface area contributed by atoms with Crippen LogP contribution in [0, 0.1) is 12.8 Å². The first-order valence-electron chi connectivity index (χ1n) is 7.18. The van der Waals surface area contributed by atoms with Crippen molar-refractivity contribution in [2.75, 3.05) is 18.0 Å². The molecule has 1 aromatic rings. The van der Waals surface area contributed by atoms with Gasteiger partial charge in [-0.1, -0.05) is 6.07 Å². The van der Waals surface area contributed by atoms with Crippen LogP contribution in [0.4, 0.5) is 5.69 Å². The SMILES string of the molecule is Cc1ccc(N2CCC(CCN)CC2(C)C)c(Br)c1. The number of nitrogens with zero attached hydrogens (tertiary/aromatic N) is 1. The van der Waals surface area contributed by atoms with Gasteiger partial charge in [0, 0.05) is 16.6 Å². The van der Waals surface area contributed by atoms with Crippen LogP contribution in [-0.2, 0) is 0 Å². The predicted octanol–water partition coefficient (Wildman–Crippen LogP) is 4.10. The van der Waals surface area contributed by atoms with Crippen molar-refractivity contribution in [1.82, 2.24) is 0 Å². The zero-order valence-corrected chi connectivity index (χ0v) is 13.8. The molecule has 1 unspecified atom stereocenters. The standard InChI is InChI=1S/C16H25BrN2/c1-12-4-5-15(14(17)10-12)19-9-7-13(6-8-18)11-16(19,2)3/h4-5,10,13H,6-9,11,18H2,1-3H3. The predicted molar refractivity (Wildman–Crippen MR) is 86.7 cm³/mol. The number of hydrogen-bond donors (Lipinski definition) is 1. The van der Waals surface area contributed by atoms with Gasteiger partial charge in [0.05, 0.1) is 5.69 Å². The molecule has 1 fully saturated rings. The van der Waals surface area contributed by atoms with Gasteiger partial charge >= 0.3 is 0 Å². The zero-order valence-electron chi connectivity index (χ0n) is 12.2. The van der Waals surface area contributed by atoms with Crippen LogP contribution in [0.25, 0.3) is 0 Å². The van der Waals surface area contributed by atoms with Crippen molar-refractivity contribution in [3.63, 3.8) is 0 Å². The highest BCUT2D eigenvalue weighted by atomic mass is 79.9. The molecule has 1 saturated heterocycles. The lowest BCUT2D eigenvalue weighted by Crippen LogP contribution is -2.50. The van der Waals surface area contributed by atoms with Gasteiger partial charge in [-0.25, -0.2) is 0 Å². The summed E-state index contributed by atoms with van der Waals surface area (Å²) in [6.07, 6.45) is 3.64. The lowest BCUT2D eigenvalue weighted by atomic mass is 9.80. The van der Waals surface area contributed by atoms with Crippen molar-refractivity contribution < 1.29 is 0 Å². The second-order valence-electron chi connectivity index (χ2n) is 6.36. The van der Waals surface area contributed by atoms with Crippen LogP contribution in [0.5, 0.6) is 0 Å². The van der Waals surface area contributed by atoms with Crippen molar-refractivity contribution in [1.29, 1.82) is 0 Å². The highest BCUT2D eigenvalue weighted by Gasteiger charge is 2.35. The summed E-state index contributed by atoms with van der Waals surface area (Å²) < 4.78 is 1.21. The lowest BCUT2D eigenvalue weighted by molar-refractivity contribution is 0.264. The van der Waals surface area contributed by atoms with E-state index in [9.17, 15) is 0 Å². The van der Waals surface area contributed by atoms with Crippen molar-refractivity contribution in [3.8, 4) is 0 Å². The Bertz CT molecular complexity index is 442. The first kappa shape index (κ1) is 14.9. The average Bonchev–Trinajstić information content (AvgIpc) is 2.30. The zero-order chi connectivity index (χ0) is 14.0. The van der Waals surface area contributed by atoms with Crippen molar-refractivity contribution >= 4 is 21.6 Å². The number of benzene rings is 1. The maximum atomic E-state index is 5.71. The fraction of sp³-hybridized carbons (Fsp3) is 0.625. The van der Waals surface area contributed by atoms with Crippen LogP contribution < -0.4 is 10.6 Å². The van der Waals surface area contributed by atoms with Crippen LogP contribution in [0.2, 0.25) is 0 Å². The van der Waals surface area contributed by atoms with Crippen LogP contribution in [0.3, 0.4) is 0 Å². The van der Waals surface area contributed by atoms with Crippen molar-refractivity contribution in [2.45, 2.75) is 45.6 Å². The third kappa shape index (κ3) is 3.32. The Kier molecular flexibility index (Phi) is 4.57. The summed E-state index contributed by atoms with van der Waals surface area (Å²) in [5, 5.41) is 0. The smallest absolute Gasteiger partial charge is 0.0515 e. The number of halogens is 1. The molecule has 1 aliphatic rings. The molecule has 1 aliphatic heterocycles. The number of nitrogens with two attached hydrogens (primary N) is 1. The monoisotopic (exact) mass is 324 g/mol. The molecular weight excluding hydrogens is 300 g/mol. The second kappa shape index (κ2) is 5.84. The normalized spacial score (nSPS) is 22.6. The Labute approximate surface area is 125 Å². The molecule has 0 bridgehead atoms. The van der Waals surface area contributed by atoms with Gasteiger partial charge in [0.15, 0.2) is 0 Å².